The summed E-state index contributed by atoms with van der Waals surface area (Å²) in [4.78, 5) is 0. The minimum Gasteiger partial charge on any atom is -0.455 e. The molecule has 4 nitrogen and oxygen atoms in total. The number of aryl methyl sites for hydroxylation is 2. The van der Waals surface area contributed by atoms with E-state index in [0.29, 0.717) is 5.92 Å². The highest BCUT2D eigenvalue weighted by Crippen LogP contribution is 2.47. The first-order valence-electron chi connectivity index (χ1n) is 19.1. The molecule has 53 heavy (non-hydrogen) atoms. The van der Waals surface area contributed by atoms with Gasteiger partial charge in [-0.25, -0.2) is 4.57 Å². The van der Waals surface area contributed by atoms with Gasteiger partial charge in [-0.3, -0.25) is 0 Å². The lowest BCUT2D eigenvalue weighted by atomic mass is 9.77. The number of nitrogens with zero attached hydrogens (tertiary/aromatic N) is 3. The average Bonchev–Trinajstić information content (AvgIpc) is 3.70. The van der Waals surface area contributed by atoms with Gasteiger partial charge in [0, 0.05) is 33.5 Å². The normalized spacial score (nSPS) is 16.9. The summed E-state index contributed by atoms with van der Waals surface area (Å²) < 4.78 is 14.6. The Morgan fingerprint density at radius 3 is 2.43 bits per heavy atom. The third-order valence-corrected chi connectivity index (χ3v) is 14.1. The van der Waals surface area contributed by atoms with Crippen LogP contribution in [0.2, 0.25) is 19.6 Å². The molecule has 0 bridgehead atoms. The number of rotatable bonds is 3. The molecular formula is C48H45N3OSi+2. The molecule has 260 valence electrons. The van der Waals surface area contributed by atoms with Gasteiger partial charge < -0.3 is 4.42 Å². The molecule has 2 atom stereocenters. The maximum atomic E-state index is 6.92. The topological polar surface area (TPSA) is 25.8 Å². The molecule has 3 aromatic heterocycles. The Morgan fingerprint density at radius 1 is 0.830 bits per heavy atom. The van der Waals surface area contributed by atoms with Gasteiger partial charge in [-0.05, 0) is 66.3 Å². The van der Waals surface area contributed by atoms with Crippen molar-refractivity contribution in [2.75, 3.05) is 0 Å². The summed E-state index contributed by atoms with van der Waals surface area (Å²) >= 11 is 0. The van der Waals surface area contributed by atoms with E-state index >= 15 is 0 Å². The summed E-state index contributed by atoms with van der Waals surface area (Å²) in [5.41, 5.74) is 14.7. The maximum Gasteiger partial charge on any atom is 0.299 e. The minimum absolute atomic E-state index is 0.219. The van der Waals surface area contributed by atoms with Crippen molar-refractivity contribution in [1.29, 1.82) is 0 Å². The molecule has 2 aliphatic heterocycles. The van der Waals surface area contributed by atoms with Gasteiger partial charge in [-0.15, -0.1) is 0 Å². The quantitative estimate of drug-likeness (QED) is 0.133. The molecule has 0 saturated carbocycles. The molecule has 2 aliphatic rings. The fourth-order valence-electron chi connectivity index (χ4n) is 9.64. The summed E-state index contributed by atoms with van der Waals surface area (Å²) in [6.45, 7) is 15.5. The Bertz CT molecular complexity index is 2760. The van der Waals surface area contributed by atoms with Crippen LogP contribution in [-0.4, -0.2) is 12.6 Å². The fourth-order valence-corrected chi connectivity index (χ4v) is 11.4. The largest absolute Gasteiger partial charge is 0.455 e. The number of para-hydroxylation sites is 3. The second-order valence-corrected chi connectivity index (χ2v) is 21.3. The third kappa shape index (κ3) is 5.01. The van der Waals surface area contributed by atoms with Crippen molar-refractivity contribution in [2.24, 2.45) is 0 Å². The summed E-state index contributed by atoms with van der Waals surface area (Å²) in [7, 11) is -1.62. The predicted molar refractivity (Wildman–Crippen MR) is 220 cm³/mol. The molecule has 0 fully saturated rings. The van der Waals surface area contributed by atoms with Crippen molar-refractivity contribution in [3.63, 3.8) is 0 Å². The van der Waals surface area contributed by atoms with E-state index in [4.69, 9.17) is 11.0 Å². The monoisotopic (exact) mass is 707 g/mol. The Labute approximate surface area is 312 Å². The van der Waals surface area contributed by atoms with E-state index < -0.39 is 8.07 Å². The lowest BCUT2D eigenvalue weighted by molar-refractivity contribution is -0.716. The van der Waals surface area contributed by atoms with E-state index in [0.717, 1.165) is 59.3 Å². The van der Waals surface area contributed by atoms with Gasteiger partial charge in [-0.1, -0.05) is 117 Å². The highest BCUT2D eigenvalue weighted by atomic mass is 28.3. The first-order valence-corrected chi connectivity index (χ1v) is 22.6. The zero-order valence-electron chi connectivity index (χ0n) is 31.1. The molecular weight excluding hydrogens is 663 g/mol. The summed E-state index contributed by atoms with van der Waals surface area (Å²) in [6.07, 6.45) is 5.32. The second-order valence-electron chi connectivity index (χ2n) is 16.3. The van der Waals surface area contributed by atoms with Crippen LogP contribution >= 0.6 is 0 Å². The minimum atomic E-state index is -1.62. The third-order valence-electron chi connectivity index (χ3n) is 12.0. The Morgan fingerprint density at radius 2 is 1.58 bits per heavy atom. The van der Waals surface area contributed by atoms with Gasteiger partial charge >= 0.3 is 0 Å². The van der Waals surface area contributed by atoms with Crippen molar-refractivity contribution >= 4 is 51.9 Å². The number of fused-ring (bicyclic) bond motifs is 15. The molecule has 5 heterocycles. The van der Waals surface area contributed by atoms with Crippen LogP contribution in [-0.2, 0) is 13.0 Å². The number of allylic oxidation sites excluding steroid dienone is 1. The number of pyridine rings is 1. The molecule has 0 radical (unpaired) electrons. The molecule has 5 aromatic carbocycles. The Hall–Kier alpha value is -5.52. The van der Waals surface area contributed by atoms with Crippen LogP contribution in [0.25, 0.3) is 61.3 Å². The summed E-state index contributed by atoms with van der Waals surface area (Å²) in [5, 5.41) is 3.85. The summed E-state index contributed by atoms with van der Waals surface area (Å²) in [6, 6.07) is 44.8. The van der Waals surface area contributed by atoms with Crippen LogP contribution in [0.5, 0.6) is 0 Å². The molecule has 0 N–H and O–H groups in total. The van der Waals surface area contributed by atoms with Crippen molar-refractivity contribution < 1.29 is 13.6 Å². The highest BCUT2D eigenvalue weighted by molar-refractivity contribution is 6.88. The summed E-state index contributed by atoms with van der Waals surface area (Å²) in [5.74, 6) is 1.46. The van der Waals surface area contributed by atoms with Crippen LogP contribution in [0.15, 0.2) is 139 Å². The Balaban J connectivity index is 1.28. The Kier molecular flexibility index (Phi) is 7.28. The molecule has 8 aromatic rings. The molecule has 2 unspecified atom stereocenters. The fraction of sp³-hybridized carbons (Fsp3) is 0.208. The maximum absolute atomic E-state index is 6.92. The predicted octanol–water partition coefficient (Wildman–Crippen LogP) is 10.5. The van der Waals surface area contributed by atoms with Crippen molar-refractivity contribution in [3.8, 4) is 22.6 Å². The van der Waals surface area contributed by atoms with Crippen molar-refractivity contribution in [1.82, 2.24) is 4.57 Å². The van der Waals surface area contributed by atoms with E-state index in [1.54, 1.807) is 0 Å². The van der Waals surface area contributed by atoms with Crippen molar-refractivity contribution in [3.05, 3.63) is 156 Å². The highest BCUT2D eigenvalue weighted by Gasteiger charge is 2.44. The SMILES string of the molecule is C=C1CC2C(CCc3ccc4c(oc5ccccc54)c3-c3n1c1ccccc1[n+]3Cc1ccccc1)c1ccccc1-c1cc(C)c([Si](C)(C)C)c[n+]12. The molecule has 5 heteroatoms. The number of furan rings is 1. The first-order chi connectivity index (χ1) is 25.8. The molecule has 0 spiro atoms. The van der Waals surface area contributed by atoms with Crippen LogP contribution in [0, 0.1) is 6.92 Å². The van der Waals surface area contributed by atoms with Crippen LogP contribution < -0.4 is 14.3 Å². The number of hydrogen-bond acceptors (Lipinski definition) is 1. The number of aromatic nitrogens is 3. The van der Waals surface area contributed by atoms with Gasteiger partial charge in [-0.2, -0.15) is 9.13 Å². The van der Waals surface area contributed by atoms with Crippen LogP contribution in [0.1, 0.15) is 47.1 Å². The zero-order valence-corrected chi connectivity index (χ0v) is 32.1. The molecule has 10 rings (SSSR count). The van der Waals surface area contributed by atoms with Crippen LogP contribution in [0.4, 0.5) is 0 Å². The molecule has 0 saturated heterocycles. The standard InChI is InChI=1S/C48H45N3OSi/c1-31-27-42-36-18-10-9-17-35(36)37-25-23-34-24-26-39-38-19-11-14-22-44(38)52-47(39)46(34)48-50(29-33-15-7-6-8-16-33)40-20-12-13-21-41(40)51(48)32(2)28-43(37)49(42)30-45(31)53(3,4)5/h6-22,24,26-27,30,37,43H,2,23,25,28-29H2,1,3-5H3/q+2. The molecule has 0 aliphatic carbocycles. The van der Waals surface area contributed by atoms with E-state index in [2.05, 4.69) is 168 Å². The zero-order chi connectivity index (χ0) is 36.0. The van der Waals surface area contributed by atoms with Gasteiger partial charge in [0.05, 0.1) is 14.5 Å². The number of hydrogen-bond donors (Lipinski definition) is 0. The second kappa shape index (κ2) is 12.0. The van der Waals surface area contributed by atoms with Gasteiger partial charge in [0.1, 0.15) is 23.4 Å². The van der Waals surface area contributed by atoms with Crippen LogP contribution in [0.3, 0.4) is 0 Å². The van der Waals surface area contributed by atoms with E-state index in [1.165, 1.54) is 55.3 Å². The van der Waals surface area contributed by atoms with E-state index in [-0.39, 0.29) is 6.04 Å². The molecule has 0 amide bonds. The lowest BCUT2D eigenvalue weighted by Crippen LogP contribution is -2.53. The van der Waals surface area contributed by atoms with Crippen molar-refractivity contribution in [2.45, 2.75) is 64.3 Å². The van der Waals surface area contributed by atoms with E-state index in [1.807, 2.05) is 0 Å². The van der Waals surface area contributed by atoms with E-state index in [9.17, 15) is 0 Å². The smallest absolute Gasteiger partial charge is 0.299 e. The number of benzene rings is 5. The van der Waals surface area contributed by atoms with Gasteiger partial charge in [0.25, 0.3) is 5.82 Å². The van der Waals surface area contributed by atoms with Gasteiger partial charge in [0.15, 0.2) is 28.9 Å². The lowest BCUT2D eigenvalue weighted by Gasteiger charge is -2.33. The number of imidazole rings is 1. The first kappa shape index (κ1) is 32.2. The average molecular weight is 708 g/mol. The van der Waals surface area contributed by atoms with Gasteiger partial charge in [0.2, 0.25) is 5.69 Å².